The Balaban J connectivity index is 1.32. The van der Waals surface area contributed by atoms with Crippen LogP contribution in [0.4, 0.5) is 8.78 Å². The van der Waals surface area contributed by atoms with E-state index >= 15 is 4.39 Å². The summed E-state index contributed by atoms with van der Waals surface area (Å²) in [5.41, 5.74) is 0.886. The van der Waals surface area contributed by atoms with Gasteiger partial charge in [-0.05, 0) is 57.0 Å². The maximum Gasteiger partial charge on any atom is 0.304 e. The van der Waals surface area contributed by atoms with Crippen molar-refractivity contribution in [3.8, 4) is 28.7 Å². The van der Waals surface area contributed by atoms with E-state index in [2.05, 4.69) is 0 Å². The van der Waals surface area contributed by atoms with E-state index in [-0.39, 0.29) is 31.3 Å². The molecular weight excluding hydrogens is 510 g/mol. The lowest BCUT2D eigenvalue weighted by atomic mass is 9.98. The van der Waals surface area contributed by atoms with Gasteiger partial charge in [0, 0.05) is 41.2 Å². The second-order valence-corrected chi connectivity index (χ2v) is 10.5. The summed E-state index contributed by atoms with van der Waals surface area (Å²) in [4.78, 5) is 11.1. The number of aliphatic carboxylic acids is 1. The first-order valence-electron chi connectivity index (χ1n) is 12.9. The molecule has 0 saturated carbocycles. The maximum absolute atomic E-state index is 15.0. The molecule has 0 aromatic heterocycles. The first-order valence-corrected chi connectivity index (χ1v) is 12.9. The van der Waals surface area contributed by atoms with Crippen molar-refractivity contribution in [2.75, 3.05) is 13.2 Å². The van der Waals surface area contributed by atoms with E-state index in [0.717, 1.165) is 5.56 Å². The third kappa shape index (κ3) is 6.09. The molecule has 39 heavy (non-hydrogen) atoms. The van der Waals surface area contributed by atoms with Gasteiger partial charge in [0.2, 0.25) is 0 Å². The predicted octanol–water partition coefficient (Wildman–Crippen LogP) is 6.31. The van der Waals surface area contributed by atoms with Crippen molar-refractivity contribution in [2.45, 2.75) is 57.2 Å². The van der Waals surface area contributed by atoms with Gasteiger partial charge >= 0.3 is 5.97 Å². The van der Waals surface area contributed by atoms with E-state index in [1.54, 1.807) is 32.0 Å². The van der Waals surface area contributed by atoms with E-state index in [1.165, 1.54) is 30.3 Å². The van der Waals surface area contributed by atoms with Crippen molar-refractivity contribution in [3.05, 3.63) is 76.9 Å². The van der Waals surface area contributed by atoms with Crippen LogP contribution in [0.3, 0.4) is 0 Å². The van der Waals surface area contributed by atoms with Crippen molar-refractivity contribution in [3.63, 3.8) is 0 Å². The van der Waals surface area contributed by atoms with Crippen molar-refractivity contribution in [1.29, 1.82) is 0 Å². The van der Waals surface area contributed by atoms with E-state index in [4.69, 9.17) is 24.1 Å². The molecule has 1 unspecified atom stereocenters. The topological polar surface area (TPSA) is 94.5 Å². The number of carboxylic acids is 1. The minimum absolute atomic E-state index is 0.0202. The maximum atomic E-state index is 15.0. The molecule has 1 heterocycles. The third-order valence-electron chi connectivity index (χ3n) is 6.91. The molecule has 2 N–H and O–H groups in total. The largest absolute Gasteiger partial charge is 0.493 e. The number of carbonyl (C=O) groups is 1. The van der Waals surface area contributed by atoms with Crippen LogP contribution in [0.15, 0.2) is 48.5 Å². The molecule has 9 heteroatoms. The Morgan fingerprint density at radius 1 is 1.05 bits per heavy atom. The van der Waals surface area contributed by atoms with Crippen molar-refractivity contribution < 1.29 is 42.7 Å². The van der Waals surface area contributed by atoms with Crippen LogP contribution in [0, 0.1) is 11.6 Å². The minimum Gasteiger partial charge on any atom is -0.493 e. The fourth-order valence-corrected chi connectivity index (χ4v) is 4.92. The zero-order valence-electron chi connectivity index (χ0n) is 21.7. The second-order valence-electron chi connectivity index (χ2n) is 10.5. The average Bonchev–Trinajstić information content (AvgIpc) is 3.46. The van der Waals surface area contributed by atoms with Gasteiger partial charge in [0.1, 0.15) is 34.9 Å². The number of fused-ring (bicyclic) bond motifs is 2. The number of benzene rings is 3. The summed E-state index contributed by atoms with van der Waals surface area (Å²) in [6.07, 6.45) is 0.757. The van der Waals surface area contributed by atoms with Crippen LogP contribution in [0.25, 0.3) is 0 Å². The predicted molar refractivity (Wildman–Crippen MR) is 138 cm³/mol. The Labute approximate surface area is 224 Å². The molecule has 7 nitrogen and oxygen atoms in total. The summed E-state index contributed by atoms with van der Waals surface area (Å²) in [7, 11) is 0. The van der Waals surface area contributed by atoms with Crippen LogP contribution < -0.4 is 18.9 Å². The monoisotopic (exact) mass is 540 g/mol. The molecular formula is C30H30F2O7. The van der Waals surface area contributed by atoms with E-state index in [0.29, 0.717) is 53.4 Å². The van der Waals surface area contributed by atoms with Crippen LogP contribution in [0.1, 0.15) is 61.8 Å². The van der Waals surface area contributed by atoms with Gasteiger partial charge in [0.15, 0.2) is 11.6 Å². The molecule has 206 valence electrons. The van der Waals surface area contributed by atoms with Crippen LogP contribution in [0.5, 0.6) is 28.7 Å². The number of hydrogen-bond acceptors (Lipinski definition) is 6. The number of carboxylic acid groups (broad SMARTS) is 1. The number of hydrogen-bond donors (Lipinski definition) is 2. The Morgan fingerprint density at radius 3 is 2.59 bits per heavy atom. The summed E-state index contributed by atoms with van der Waals surface area (Å²) >= 11 is 0. The van der Waals surface area contributed by atoms with E-state index < -0.39 is 29.3 Å². The Hall–Kier alpha value is -3.85. The normalized spacial score (nSPS) is 17.8. The van der Waals surface area contributed by atoms with Crippen LogP contribution >= 0.6 is 0 Å². The molecule has 1 aliphatic heterocycles. The lowest BCUT2D eigenvalue weighted by Crippen LogP contribution is -2.21. The first-order chi connectivity index (χ1) is 18.6. The fraction of sp³-hybridized carbons (Fsp3) is 0.367. The SMILES string of the molecule is CC(C)(O)CCOc1ccc(F)c(Oc2ccc(F)c3c2CC[C@H]3Oc2ccc3c(c2)OCC3CC(=O)O)c1. The molecule has 0 fully saturated rings. The first kappa shape index (κ1) is 26.7. The molecule has 3 aromatic carbocycles. The van der Waals surface area contributed by atoms with Crippen molar-refractivity contribution in [2.24, 2.45) is 0 Å². The molecule has 0 radical (unpaired) electrons. The zero-order valence-corrected chi connectivity index (χ0v) is 21.7. The lowest BCUT2D eigenvalue weighted by molar-refractivity contribution is -0.137. The molecule has 1 aliphatic carbocycles. The highest BCUT2D eigenvalue weighted by Crippen LogP contribution is 2.44. The van der Waals surface area contributed by atoms with Gasteiger partial charge in [0.25, 0.3) is 0 Å². The lowest BCUT2D eigenvalue weighted by Gasteiger charge is -2.18. The molecule has 2 aliphatic rings. The summed E-state index contributed by atoms with van der Waals surface area (Å²) < 4.78 is 53.0. The summed E-state index contributed by atoms with van der Waals surface area (Å²) in [6.45, 7) is 3.89. The molecule has 0 saturated heterocycles. The fourth-order valence-electron chi connectivity index (χ4n) is 4.92. The van der Waals surface area contributed by atoms with Gasteiger partial charge in [-0.1, -0.05) is 6.07 Å². The number of ether oxygens (including phenoxy) is 4. The molecule has 2 atom stereocenters. The molecule has 0 amide bonds. The third-order valence-corrected chi connectivity index (χ3v) is 6.91. The van der Waals surface area contributed by atoms with Gasteiger partial charge in [-0.2, -0.15) is 0 Å². The quantitative estimate of drug-likeness (QED) is 0.311. The average molecular weight is 541 g/mol. The smallest absolute Gasteiger partial charge is 0.304 e. The Morgan fingerprint density at radius 2 is 1.82 bits per heavy atom. The summed E-state index contributed by atoms with van der Waals surface area (Å²) in [6, 6.07) is 12.1. The highest BCUT2D eigenvalue weighted by atomic mass is 19.1. The van der Waals surface area contributed by atoms with Crippen LogP contribution in [0.2, 0.25) is 0 Å². The molecule has 3 aromatic rings. The summed E-state index contributed by atoms with van der Waals surface area (Å²) in [5.74, 6) is -0.431. The van der Waals surface area contributed by atoms with Crippen LogP contribution in [-0.2, 0) is 11.2 Å². The number of aliphatic hydroxyl groups is 1. The van der Waals surface area contributed by atoms with Gasteiger partial charge < -0.3 is 29.2 Å². The Bertz CT molecular complexity index is 1380. The van der Waals surface area contributed by atoms with E-state index in [9.17, 15) is 14.3 Å². The van der Waals surface area contributed by atoms with Crippen molar-refractivity contribution in [1.82, 2.24) is 0 Å². The standard InChI is InChI=1S/C30H30F2O7/c1-30(2,35)11-12-36-18-4-7-22(31)27(14-18)39-24-10-8-23(32)29-21(24)6-9-25(29)38-19-3-5-20-17(13-28(33)34)16-37-26(20)15-19/h3-5,7-8,10,14-15,17,25,35H,6,9,11-13,16H2,1-2H3,(H,33,34)/t17?,25-/m1/s1. The molecule has 0 spiro atoms. The van der Waals surface area contributed by atoms with Crippen LogP contribution in [-0.4, -0.2) is 35.0 Å². The number of rotatable bonds is 10. The van der Waals surface area contributed by atoms with Gasteiger partial charge in [-0.3, -0.25) is 4.79 Å². The zero-order chi connectivity index (χ0) is 27.7. The number of halogens is 2. The van der Waals surface area contributed by atoms with E-state index in [1.807, 2.05) is 0 Å². The highest BCUT2D eigenvalue weighted by Gasteiger charge is 2.32. The van der Waals surface area contributed by atoms with Gasteiger partial charge in [-0.25, -0.2) is 8.78 Å². The van der Waals surface area contributed by atoms with Crippen molar-refractivity contribution >= 4 is 5.97 Å². The minimum atomic E-state index is -0.891. The molecule has 0 bridgehead atoms. The highest BCUT2D eigenvalue weighted by molar-refractivity contribution is 5.68. The van der Waals surface area contributed by atoms with Gasteiger partial charge in [-0.15, -0.1) is 0 Å². The Kier molecular flexibility index (Phi) is 7.36. The van der Waals surface area contributed by atoms with Gasteiger partial charge in [0.05, 0.1) is 25.2 Å². The second kappa shape index (κ2) is 10.7. The summed E-state index contributed by atoms with van der Waals surface area (Å²) in [5, 5.41) is 19.0. The molecule has 5 rings (SSSR count).